The van der Waals surface area contributed by atoms with E-state index in [1.807, 2.05) is 26.8 Å². The van der Waals surface area contributed by atoms with Crippen molar-refractivity contribution in [2.24, 2.45) is 0 Å². The second kappa shape index (κ2) is 8.48. The van der Waals surface area contributed by atoms with E-state index in [9.17, 15) is 5.11 Å². The third-order valence-electron chi connectivity index (χ3n) is 2.83. The second-order valence-electron chi connectivity index (χ2n) is 5.49. The summed E-state index contributed by atoms with van der Waals surface area (Å²) in [4.78, 5) is 0. The van der Waals surface area contributed by atoms with Crippen LogP contribution in [-0.4, -0.2) is 22.4 Å². The van der Waals surface area contributed by atoms with Crippen molar-refractivity contribution < 1.29 is 10.2 Å². The molecule has 0 aromatic heterocycles. The lowest BCUT2D eigenvalue weighted by Gasteiger charge is -2.16. The predicted octanol–water partition coefficient (Wildman–Crippen LogP) is 3.59. The molecule has 0 aliphatic heterocycles. The number of hydrogen-bond acceptors (Lipinski definition) is 2. The van der Waals surface area contributed by atoms with Crippen molar-refractivity contribution in [3.05, 3.63) is 23.3 Å². The van der Waals surface area contributed by atoms with Gasteiger partial charge in [-0.2, -0.15) is 0 Å². The van der Waals surface area contributed by atoms with Gasteiger partial charge in [-0.25, -0.2) is 0 Å². The lowest BCUT2D eigenvalue weighted by molar-refractivity contribution is 0.0689. The van der Waals surface area contributed by atoms with E-state index in [1.54, 1.807) is 0 Å². The highest BCUT2D eigenvalue weighted by Gasteiger charge is 2.10. The van der Waals surface area contributed by atoms with Gasteiger partial charge in [-0.1, -0.05) is 23.3 Å². The quantitative estimate of drug-likeness (QED) is 0.636. The summed E-state index contributed by atoms with van der Waals surface area (Å²) in [6.07, 6.45) is 9.13. The number of aliphatic hydroxyl groups is 2. The van der Waals surface area contributed by atoms with Gasteiger partial charge in [0.1, 0.15) is 0 Å². The molecule has 2 heteroatoms. The van der Waals surface area contributed by atoms with Crippen LogP contribution in [0.3, 0.4) is 0 Å². The molecular formula is C15H28O2. The maximum Gasteiger partial charge on any atom is 0.0614 e. The SMILES string of the molecule is C/C(=C/CO)CC/C=C(\C)CCCC(C)(C)O. The minimum absolute atomic E-state index is 0.139. The molecule has 17 heavy (non-hydrogen) atoms. The molecule has 0 aromatic carbocycles. The first-order valence-corrected chi connectivity index (χ1v) is 6.49. The van der Waals surface area contributed by atoms with E-state index in [-0.39, 0.29) is 6.61 Å². The van der Waals surface area contributed by atoms with Gasteiger partial charge in [0.2, 0.25) is 0 Å². The third kappa shape index (κ3) is 11.7. The smallest absolute Gasteiger partial charge is 0.0614 e. The van der Waals surface area contributed by atoms with Crippen molar-refractivity contribution in [2.75, 3.05) is 6.61 Å². The Morgan fingerprint density at radius 3 is 2.18 bits per heavy atom. The van der Waals surface area contributed by atoms with Gasteiger partial charge in [-0.3, -0.25) is 0 Å². The zero-order chi connectivity index (χ0) is 13.3. The van der Waals surface area contributed by atoms with E-state index >= 15 is 0 Å². The highest BCUT2D eigenvalue weighted by molar-refractivity contribution is 5.03. The van der Waals surface area contributed by atoms with Crippen LogP contribution in [0.25, 0.3) is 0 Å². The first kappa shape index (κ1) is 16.4. The van der Waals surface area contributed by atoms with Crippen molar-refractivity contribution in [3.8, 4) is 0 Å². The maximum atomic E-state index is 9.59. The van der Waals surface area contributed by atoms with Crippen LogP contribution in [0.2, 0.25) is 0 Å². The van der Waals surface area contributed by atoms with E-state index in [4.69, 9.17) is 5.11 Å². The molecule has 100 valence electrons. The maximum absolute atomic E-state index is 9.59. The van der Waals surface area contributed by atoms with Crippen LogP contribution in [0.1, 0.15) is 59.8 Å². The van der Waals surface area contributed by atoms with Gasteiger partial charge >= 0.3 is 0 Å². The number of allylic oxidation sites excluding steroid dienone is 3. The van der Waals surface area contributed by atoms with E-state index < -0.39 is 5.60 Å². The van der Waals surface area contributed by atoms with E-state index in [0.717, 1.165) is 32.1 Å². The van der Waals surface area contributed by atoms with Gasteiger partial charge in [-0.15, -0.1) is 0 Å². The molecule has 0 spiro atoms. The molecule has 0 atom stereocenters. The van der Waals surface area contributed by atoms with Crippen LogP contribution in [-0.2, 0) is 0 Å². The Morgan fingerprint density at radius 1 is 1.06 bits per heavy atom. The molecule has 0 aromatic rings. The van der Waals surface area contributed by atoms with Gasteiger partial charge in [0.25, 0.3) is 0 Å². The summed E-state index contributed by atoms with van der Waals surface area (Å²) in [7, 11) is 0. The standard InChI is InChI=1S/C15H28O2/c1-13(9-6-11-15(3,4)17)7-5-8-14(2)10-12-16/h7,10,16-17H,5-6,8-9,11-12H2,1-4H3/b13-7+,14-10-. The summed E-state index contributed by atoms with van der Waals surface area (Å²) in [5, 5.41) is 18.3. The van der Waals surface area contributed by atoms with Crippen LogP contribution in [0, 0.1) is 0 Å². The Morgan fingerprint density at radius 2 is 1.65 bits per heavy atom. The van der Waals surface area contributed by atoms with Crippen molar-refractivity contribution >= 4 is 0 Å². The number of rotatable bonds is 8. The van der Waals surface area contributed by atoms with Gasteiger partial charge in [0.05, 0.1) is 12.2 Å². The Labute approximate surface area is 106 Å². The molecule has 2 nitrogen and oxygen atoms in total. The molecule has 2 N–H and O–H groups in total. The average molecular weight is 240 g/mol. The summed E-state index contributed by atoms with van der Waals surface area (Å²) in [6, 6.07) is 0. The monoisotopic (exact) mass is 240 g/mol. The summed E-state index contributed by atoms with van der Waals surface area (Å²) in [5.41, 5.74) is 2.10. The molecule has 0 rings (SSSR count). The highest BCUT2D eigenvalue weighted by Crippen LogP contribution is 2.16. The fourth-order valence-electron chi connectivity index (χ4n) is 1.71. The van der Waals surface area contributed by atoms with Crippen molar-refractivity contribution in [1.29, 1.82) is 0 Å². The zero-order valence-electron chi connectivity index (χ0n) is 11.8. The summed E-state index contributed by atoms with van der Waals surface area (Å²) < 4.78 is 0. The van der Waals surface area contributed by atoms with Gasteiger partial charge < -0.3 is 10.2 Å². The molecule has 0 radical (unpaired) electrons. The van der Waals surface area contributed by atoms with Gasteiger partial charge in [0, 0.05) is 0 Å². The predicted molar refractivity (Wildman–Crippen MR) is 74.0 cm³/mol. The zero-order valence-corrected chi connectivity index (χ0v) is 11.8. The topological polar surface area (TPSA) is 40.5 Å². The summed E-state index contributed by atoms with van der Waals surface area (Å²) in [6.45, 7) is 8.05. The molecule has 0 amide bonds. The number of hydrogen-bond donors (Lipinski definition) is 2. The Kier molecular flexibility index (Phi) is 8.19. The van der Waals surface area contributed by atoms with Gasteiger partial charge in [0.15, 0.2) is 0 Å². The first-order valence-electron chi connectivity index (χ1n) is 6.49. The van der Waals surface area contributed by atoms with Crippen LogP contribution in [0.5, 0.6) is 0 Å². The molecule has 0 fully saturated rings. The molecule has 0 saturated carbocycles. The molecule has 0 unspecified atom stereocenters. The fraction of sp³-hybridized carbons (Fsp3) is 0.733. The summed E-state index contributed by atoms with van der Waals surface area (Å²) >= 11 is 0. The fourth-order valence-corrected chi connectivity index (χ4v) is 1.71. The van der Waals surface area contributed by atoms with E-state index in [0.29, 0.717) is 0 Å². The number of aliphatic hydroxyl groups excluding tert-OH is 1. The largest absolute Gasteiger partial charge is 0.392 e. The van der Waals surface area contributed by atoms with E-state index in [2.05, 4.69) is 13.0 Å². The molecule has 0 heterocycles. The molecule has 0 saturated heterocycles. The lowest BCUT2D eigenvalue weighted by Crippen LogP contribution is -2.17. The molecule has 0 bridgehead atoms. The van der Waals surface area contributed by atoms with Crippen LogP contribution < -0.4 is 0 Å². The minimum Gasteiger partial charge on any atom is -0.392 e. The Balaban J connectivity index is 3.76. The van der Waals surface area contributed by atoms with Gasteiger partial charge in [-0.05, 0) is 59.8 Å². The van der Waals surface area contributed by atoms with Crippen LogP contribution in [0.15, 0.2) is 23.3 Å². The van der Waals surface area contributed by atoms with Crippen molar-refractivity contribution in [1.82, 2.24) is 0 Å². The van der Waals surface area contributed by atoms with Crippen molar-refractivity contribution in [2.45, 2.75) is 65.4 Å². The second-order valence-corrected chi connectivity index (χ2v) is 5.49. The molecule has 0 aliphatic carbocycles. The summed E-state index contributed by atoms with van der Waals surface area (Å²) in [5.74, 6) is 0. The van der Waals surface area contributed by atoms with Crippen LogP contribution in [0.4, 0.5) is 0 Å². The van der Waals surface area contributed by atoms with E-state index in [1.165, 1.54) is 11.1 Å². The Bertz CT molecular complexity index is 257. The highest BCUT2D eigenvalue weighted by atomic mass is 16.3. The van der Waals surface area contributed by atoms with Crippen molar-refractivity contribution in [3.63, 3.8) is 0 Å². The normalized spacial score (nSPS) is 14.2. The lowest BCUT2D eigenvalue weighted by atomic mass is 9.99. The van der Waals surface area contributed by atoms with Crippen LogP contribution >= 0.6 is 0 Å². The molecular weight excluding hydrogens is 212 g/mol. The average Bonchev–Trinajstić information content (AvgIpc) is 2.16. The minimum atomic E-state index is -0.541. The first-order chi connectivity index (χ1) is 7.85. The third-order valence-corrected chi connectivity index (χ3v) is 2.83. The Hall–Kier alpha value is -0.600. The molecule has 0 aliphatic rings.